The van der Waals surface area contributed by atoms with Gasteiger partial charge in [-0.05, 0) is 31.4 Å². The minimum absolute atomic E-state index is 0.0754. The minimum Gasteiger partial charge on any atom is -0.381 e. The predicted octanol–water partition coefficient (Wildman–Crippen LogP) is 1.32. The first kappa shape index (κ1) is 17.2. The van der Waals surface area contributed by atoms with Gasteiger partial charge in [-0.3, -0.25) is 0 Å². The third-order valence-electron chi connectivity index (χ3n) is 3.16. The summed E-state index contributed by atoms with van der Waals surface area (Å²) in [6.45, 7) is 1.17. The molecule has 6 nitrogen and oxygen atoms in total. The summed E-state index contributed by atoms with van der Waals surface area (Å²) in [5.74, 6) is 0. The van der Waals surface area contributed by atoms with E-state index in [1.807, 2.05) is 0 Å². The first-order valence-electron chi connectivity index (χ1n) is 6.38. The fraction of sp³-hybridized carbons (Fsp3) is 0.636. The Kier molecular flexibility index (Phi) is 5.66. The van der Waals surface area contributed by atoms with Gasteiger partial charge in [0.25, 0.3) is 9.05 Å². The summed E-state index contributed by atoms with van der Waals surface area (Å²) in [5, 5.41) is -0.409. The largest absolute Gasteiger partial charge is 0.381 e. The molecule has 1 fully saturated rings. The smallest absolute Gasteiger partial charge is 0.270 e. The highest BCUT2D eigenvalue weighted by atomic mass is 35.7. The Morgan fingerprint density at radius 3 is 2.48 bits per heavy atom. The molecule has 120 valence electrons. The minimum atomic E-state index is -3.71. The van der Waals surface area contributed by atoms with Crippen molar-refractivity contribution in [3.05, 3.63) is 17.0 Å². The fourth-order valence-electron chi connectivity index (χ4n) is 2.04. The molecule has 1 N–H and O–H groups in total. The quantitative estimate of drug-likeness (QED) is 0.759. The predicted molar refractivity (Wildman–Crippen MR) is 81.8 cm³/mol. The van der Waals surface area contributed by atoms with Crippen LogP contribution in [-0.2, 0) is 30.2 Å². The Morgan fingerprint density at radius 2 is 1.90 bits per heavy atom. The molecule has 0 aromatic carbocycles. The van der Waals surface area contributed by atoms with Crippen molar-refractivity contribution in [3.8, 4) is 0 Å². The average molecular weight is 374 g/mol. The summed E-state index contributed by atoms with van der Waals surface area (Å²) in [5.41, 5.74) is 0. The van der Waals surface area contributed by atoms with Crippen molar-refractivity contribution in [3.63, 3.8) is 0 Å². The van der Waals surface area contributed by atoms with Gasteiger partial charge >= 0.3 is 0 Å². The molecule has 0 aliphatic carbocycles. The molecule has 0 radical (unpaired) electrons. The standard InChI is InChI=1S/C11H16ClNO5S3/c12-20(14,15)11-2-1-9(19-11)3-6-13-21(16,17)10-4-7-18-8-5-10/h1-2,10,13H,3-8H2. The second-order valence-corrected chi connectivity index (χ2v) is 10.7. The van der Waals surface area contributed by atoms with Crippen LogP contribution in [0.1, 0.15) is 17.7 Å². The molecule has 0 bridgehead atoms. The topological polar surface area (TPSA) is 89.5 Å². The number of ether oxygens (including phenoxy) is 1. The highest BCUT2D eigenvalue weighted by Gasteiger charge is 2.27. The van der Waals surface area contributed by atoms with E-state index >= 15 is 0 Å². The molecule has 1 aromatic rings. The van der Waals surface area contributed by atoms with Gasteiger partial charge in [0, 0.05) is 35.3 Å². The maximum atomic E-state index is 12.1. The van der Waals surface area contributed by atoms with Crippen LogP contribution in [0.15, 0.2) is 16.3 Å². The van der Waals surface area contributed by atoms with E-state index in [1.54, 1.807) is 6.07 Å². The molecule has 1 saturated heterocycles. The van der Waals surface area contributed by atoms with Gasteiger partial charge in [0.15, 0.2) is 0 Å². The number of rotatable bonds is 6. The first-order chi connectivity index (χ1) is 9.79. The summed E-state index contributed by atoms with van der Waals surface area (Å²) >= 11 is 1.05. The highest BCUT2D eigenvalue weighted by Crippen LogP contribution is 2.25. The van der Waals surface area contributed by atoms with Crippen molar-refractivity contribution in [2.24, 2.45) is 0 Å². The number of thiophene rings is 1. The van der Waals surface area contributed by atoms with Gasteiger partial charge in [-0.2, -0.15) is 0 Å². The second-order valence-electron chi connectivity index (χ2n) is 4.66. The Bertz CT molecular complexity index is 676. The lowest BCUT2D eigenvalue weighted by Gasteiger charge is -2.22. The van der Waals surface area contributed by atoms with Crippen molar-refractivity contribution in [2.45, 2.75) is 28.7 Å². The van der Waals surface area contributed by atoms with E-state index in [1.165, 1.54) is 6.07 Å². The number of nitrogens with one attached hydrogen (secondary N) is 1. The molecule has 10 heteroatoms. The van der Waals surface area contributed by atoms with E-state index in [4.69, 9.17) is 15.4 Å². The zero-order valence-electron chi connectivity index (χ0n) is 11.1. The molecule has 0 unspecified atom stereocenters. The lowest BCUT2D eigenvalue weighted by molar-refractivity contribution is 0.0981. The van der Waals surface area contributed by atoms with Crippen molar-refractivity contribution in [2.75, 3.05) is 19.8 Å². The number of halogens is 1. The summed E-state index contributed by atoms with van der Waals surface area (Å²) in [6, 6.07) is 3.07. The molecule has 21 heavy (non-hydrogen) atoms. The molecule has 0 spiro atoms. The van der Waals surface area contributed by atoms with Crippen LogP contribution in [0, 0.1) is 0 Å². The summed E-state index contributed by atoms with van der Waals surface area (Å²) in [7, 11) is -1.82. The molecule has 1 aromatic heterocycles. The van der Waals surface area contributed by atoms with Crippen molar-refractivity contribution in [1.82, 2.24) is 4.72 Å². The third-order valence-corrected chi connectivity index (χ3v) is 8.35. The van der Waals surface area contributed by atoms with E-state index in [0.717, 1.165) is 16.2 Å². The normalized spacial score (nSPS) is 18.0. The number of hydrogen-bond donors (Lipinski definition) is 1. The zero-order chi connectivity index (χ0) is 15.5. The SMILES string of the molecule is O=S(=O)(Cl)c1ccc(CCNS(=O)(=O)C2CCOCC2)s1. The molecular formula is C11H16ClNO5S3. The van der Waals surface area contributed by atoms with E-state index < -0.39 is 24.3 Å². The van der Waals surface area contributed by atoms with Crippen LogP contribution in [-0.4, -0.2) is 41.8 Å². The van der Waals surface area contributed by atoms with Crippen molar-refractivity contribution in [1.29, 1.82) is 0 Å². The van der Waals surface area contributed by atoms with E-state index in [2.05, 4.69) is 4.72 Å². The summed E-state index contributed by atoms with van der Waals surface area (Å²) in [6.07, 6.45) is 1.44. The first-order valence-corrected chi connectivity index (χ1v) is 11.1. The number of sulfonamides is 1. The molecular weight excluding hydrogens is 358 g/mol. The molecule has 1 aliphatic rings. The Morgan fingerprint density at radius 1 is 1.24 bits per heavy atom. The van der Waals surface area contributed by atoms with Gasteiger partial charge in [-0.1, -0.05) is 0 Å². The Labute approximate surface area is 132 Å². The monoisotopic (exact) mass is 373 g/mol. The summed E-state index contributed by atoms with van der Waals surface area (Å²) in [4.78, 5) is 0.768. The van der Waals surface area contributed by atoms with Gasteiger partial charge in [0.05, 0.1) is 5.25 Å². The third kappa shape index (κ3) is 4.90. The van der Waals surface area contributed by atoms with Gasteiger partial charge in [0.2, 0.25) is 10.0 Å². The van der Waals surface area contributed by atoms with Gasteiger partial charge in [0.1, 0.15) is 4.21 Å². The van der Waals surface area contributed by atoms with E-state index in [9.17, 15) is 16.8 Å². The maximum Gasteiger partial charge on any atom is 0.270 e. The Balaban J connectivity index is 1.87. The van der Waals surface area contributed by atoms with E-state index in [0.29, 0.717) is 32.5 Å². The molecule has 2 rings (SSSR count). The lowest BCUT2D eigenvalue weighted by atomic mass is 10.2. The van der Waals surface area contributed by atoms with Gasteiger partial charge < -0.3 is 4.74 Å². The van der Waals surface area contributed by atoms with Crippen LogP contribution >= 0.6 is 22.0 Å². The van der Waals surface area contributed by atoms with Crippen LogP contribution < -0.4 is 4.72 Å². The molecule has 0 amide bonds. The number of hydrogen-bond acceptors (Lipinski definition) is 6. The van der Waals surface area contributed by atoms with Crippen LogP contribution in [0.2, 0.25) is 0 Å². The average Bonchev–Trinajstić information content (AvgIpc) is 2.88. The molecule has 0 saturated carbocycles. The van der Waals surface area contributed by atoms with Crippen LogP contribution in [0.3, 0.4) is 0 Å². The maximum absolute atomic E-state index is 12.1. The van der Waals surface area contributed by atoms with E-state index in [-0.39, 0.29) is 10.8 Å². The van der Waals surface area contributed by atoms with Crippen molar-refractivity contribution < 1.29 is 21.6 Å². The van der Waals surface area contributed by atoms with Crippen LogP contribution in [0.25, 0.3) is 0 Å². The van der Waals surface area contributed by atoms with Gasteiger partial charge in [-0.25, -0.2) is 21.6 Å². The fourth-order valence-corrected chi connectivity index (χ4v) is 5.60. The van der Waals surface area contributed by atoms with Crippen molar-refractivity contribution >= 4 is 41.1 Å². The second kappa shape index (κ2) is 6.93. The van der Waals surface area contributed by atoms with Crippen LogP contribution in [0.5, 0.6) is 0 Å². The summed E-state index contributed by atoms with van der Waals surface area (Å²) < 4.78 is 54.2. The zero-order valence-corrected chi connectivity index (χ0v) is 14.3. The molecule has 0 atom stereocenters. The Hall–Kier alpha value is -0.190. The van der Waals surface area contributed by atoms with Gasteiger partial charge in [-0.15, -0.1) is 11.3 Å². The lowest BCUT2D eigenvalue weighted by Crippen LogP contribution is -2.38. The molecule has 2 heterocycles. The van der Waals surface area contributed by atoms with Crippen LogP contribution in [0.4, 0.5) is 0 Å². The molecule has 1 aliphatic heterocycles. The highest BCUT2D eigenvalue weighted by molar-refractivity contribution is 8.15.